The summed E-state index contributed by atoms with van der Waals surface area (Å²) in [6, 6.07) is 22.9. The third kappa shape index (κ3) is 5.54. The zero-order chi connectivity index (χ0) is 22.3. The molecule has 0 spiro atoms. The van der Waals surface area contributed by atoms with Gasteiger partial charge in [-0.2, -0.15) is 5.26 Å². The lowest BCUT2D eigenvalue weighted by molar-refractivity contribution is -0.115. The second-order valence-corrected chi connectivity index (χ2v) is 9.10. The Morgan fingerprint density at radius 3 is 2.50 bits per heavy atom. The summed E-state index contributed by atoms with van der Waals surface area (Å²) in [5.41, 5.74) is 4.00. The maximum atomic E-state index is 12.4. The van der Waals surface area contributed by atoms with Crippen LogP contribution in [0.2, 0.25) is 5.02 Å². The molecule has 2 heterocycles. The lowest BCUT2D eigenvalue weighted by Crippen LogP contribution is -2.12. The van der Waals surface area contributed by atoms with E-state index >= 15 is 0 Å². The molecule has 32 heavy (non-hydrogen) atoms. The van der Waals surface area contributed by atoms with Gasteiger partial charge in [-0.05, 0) is 24.3 Å². The Bertz CT molecular complexity index is 1270. The molecule has 0 bridgehead atoms. The predicted molar refractivity (Wildman–Crippen MR) is 131 cm³/mol. The van der Waals surface area contributed by atoms with Gasteiger partial charge in [-0.25, -0.2) is 9.97 Å². The molecule has 0 saturated heterocycles. The summed E-state index contributed by atoms with van der Waals surface area (Å²) in [5, 5.41) is 16.0. The van der Waals surface area contributed by atoms with E-state index in [1.54, 1.807) is 18.2 Å². The molecule has 0 radical (unpaired) electrons. The number of anilines is 1. The molecule has 0 fully saturated rings. The van der Waals surface area contributed by atoms with Crippen LogP contribution in [0.1, 0.15) is 12.0 Å². The molecule has 1 N–H and O–H groups in total. The molecule has 0 aliphatic rings. The minimum atomic E-state index is -0.126. The second kappa shape index (κ2) is 10.4. The third-order valence-electron chi connectivity index (χ3n) is 4.51. The standard InChI is InChI=1S/C24H17ClN4OS2/c25-19-9-6-17(7-10-19)20-11-8-18(14-26)23(27-20)31-13-12-22(30)29-24-28-21(15-32-24)16-4-2-1-3-5-16/h1-11,15H,12-13H2,(H,28,29,30). The SMILES string of the molecule is N#Cc1ccc(-c2ccc(Cl)cc2)nc1SCCC(=O)Nc1nc(-c2ccccc2)cs1. The number of thiazole rings is 1. The lowest BCUT2D eigenvalue weighted by atomic mass is 10.1. The van der Waals surface area contributed by atoms with Gasteiger partial charge in [0.25, 0.3) is 0 Å². The van der Waals surface area contributed by atoms with Gasteiger partial charge in [0.2, 0.25) is 5.91 Å². The van der Waals surface area contributed by atoms with Crippen LogP contribution in [0.3, 0.4) is 0 Å². The average Bonchev–Trinajstić information content (AvgIpc) is 3.28. The summed E-state index contributed by atoms with van der Waals surface area (Å²) in [6.45, 7) is 0. The molecule has 5 nitrogen and oxygen atoms in total. The van der Waals surface area contributed by atoms with Crippen LogP contribution in [0, 0.1) is 11.3 Å². The van der Waals surface area contributed by atoms with Gasteiger partial charge >= 0.3 is 0 Å². The fourth-order valence-electron chi connectivity index (χ4n) is 2.91. The van der Waals surface area contributed by atoms with E-state index in [2.05, 4.69) is 21.4 Å². The Hall–Kier alpha value is -3.18. The second-order valence-electron chi connectivity index (χ2n) is 6.72. The van der Waals surface area contributed by atoms with Crippen molar-refractivity contribution in [2.45, 2.75) is 11.4 Å². The Labute approximate surface area is 199 Å². The number of nitrogens with one attached hydrogen (secondary N) is 1. The maximum absolute atomic E-state index is 12.4. The number of nitrogens with zero attached hydrogens (tertiary/aromatic N) is 3. The van der Waals surface area contributed by atoms with Crippen molar-refractivity contribution in [3.8, 4) is 28.6 Å². The van der Waals surface area contributed by atoms with Gasteiger partial charge < -0.3 is 5.32 Å². The highest BCUT2D eigenvalue weighted by atomic mass is 35.5. The summed E-state index contributed by atoms with van der Waals surface area (Å²) >= 11 is 8.74. The minimum Gasteiger partial charge on any atom is -0.302 e. The molecule has 0 aliphatic carbocycles. The zero-order valence-corrected chi connectivity index (χ0v) is 19.2. The van der Waals surface area contributed by atoms with E-state index in [4.69, 9.17) is 11.6 Å². The maximum Gasteiger partial charge on any atom is 0.226 e. The third-order valence-corrected chi connectivity index (χ3v) is 6.51. The van der Waals surface area contributed by atoms with Crippen molar-refractivity contribution in [1.29, 1.82) is 5.26 Å². The van der Waals surface area contributed by atoms with Crippen LogP contribution >= 0.6 is 34.7 Å². The van der Waals surface area contributed by atoms with Gasteiger partial charge in [-0.1, -0.05) is 54.1 Å². The number of hydrogen-bond acceptors (Lipinski definition) is 6. The number of benzene rings is 2. The fourth-order valence-corrected chi connectivity index (χ4v) is 4.69. The van der Waals surface area contributed by atoms with Crippen LogP contribution in [-0.4, -0.2) is 21.6 Å². The molecule has 0 unspecified atom stereocenters. The zero-order valence-electron chi connectivity index (χ0n) is 16.8. The molecule has 1 amide bonds. The molecule has 4 rings (SSSR count). The predicted octanol–water partition coefficient (Wildman–Crippen LogP) is 6.52. The first-order valence-electron chi connectivity index (χ1n) is 9.73. The van der Waals surface area contributed by atoms with Crippen LogP contribution in [0.4, 0.5) is 5.13 Å². The number of carbonyl (C=O) groups excluding carboxylic acids is 1. The van der Waals surface area contributed by atoms with Crippen molar-refractivity contribution in [2.24, 2.45) is 0 Å². The molecule has 0 aliphatic heterocycles. The number of amides is 1. The Morgan fingerprint density at radius 2 is 1.75 bits per heavy atom. The monoisotopic (exact) mass is 476 g/mol. The average molecular weight is 477 g/mol. The molecule has 8 heteroatoms. The van der Waals surface area contributed by atoms with Crippen molar-refractivity contribution in [3.05, 3.63) is 82.7 Å². The Kier molecular flexibility index (Phi) is 7.17. The molecule has 2 aromatic heterocycles. The molecular weight excluding hydrogens is 460 g/mol. The minimum absolute atomic E-state index is 0.126. The van der Waals surface area contributed by atoms with Crippen molar-refractivity contribution in [2.75, 3.05) is 11.1 Å². The normalized spacial score (nSPS) is 10.5. The smallest absolute Gasteiger partial charge is 0.226 e. The molecule has 0 atom stereocenters. The quantitative estimate of drug-likeness (QED) is 0.307. The van der Waals surface area contributed by atoms with Crippen LogP contribution in [-0.2, 0) is 4.79 Å². The molecule has 0 saturated carbocycles. The largest absolute Gasteiger partial charge is 0.302 e. The summed E-state index contributed by atoms with van der Waals surface area (Å²) in [4.78, 5) is 21.5. The van der Waals surface area contributed by atoms with E-state index in [1.807, 2.05) is 53.9 Å². The van der Waals surface area contributed by atoms with Gasteiger partial charge in [0.05, 0.1) is 17.0 Å². The van der Waals surface area contributed by atoms with Crippen LogP contribution < -0.4 is 5.32 Å². The van der Waals surface area contributed by atoms with Crippen molar-refractivity contribution in [1.82, 2.24) is 9.97 Å². The number of thioether (sulfide) groups is 1. The van der Waals surface area contributed by atoms with E-state index in [9.17, 15) is 10.1 Å². The topological polar surface area (TPSA) is 78.7 Å². The summed E-state index contributed by atoms with van der Waals surface area (Å²) in [6.07, 6.45) is 0.280. The highest BCUT2D eigenvalue weighted by Gasteiger charge is 2.11. The molecule has 158 valence electrons. The van der Waals surface area contributed by atoms with E-state index < -0.39 is 0 Å². The number of rotatable bonds is 7. The van der Waals surface area contributed by atoms with Gasteiger partial charge in [-0.3, -0.25) is 4.79 Å². The van der Waals surface area contributed by atoms with Crippen LogP contribution in [0.15, 0.2) is 77.1 Å². The van der Waals surface area contributed by atoms with Crippen molar-refractivity contribution in [3.63, 3.8) is 0 Å². The van der Waals surface area contributed by atoms with E-state index in [1.165, 1.54) is 23.1 Å². The van der Waals surface area contributed by atoms with Crippen molar-refractivity contribution >= 4 is 45.7 Å². The van der Waals surface area contributed by atoms with E-state index in [0.29, 0.717) is 26.5 Å². The van der Waals surface area contributed by atoms with Gasteiger partial charge in [0.1, 0.15) is 11.1 Å². The number of halogens is 1. The summed E-state index contributed by atoms with van der Waals surface area (Å²) in [7, 11) is 0. The van der Waals surface area contributed by atoms with Crippen LogP contribution in [0.25, 0.3) is 22.5 Å². The lowest BCUT2D eigenvalue weighted by Gasteiger charge is -2.07. The number of aromatic nitrogens is 2. The first-order valence-corrected chi connectivity index (χ1v) is 12.0. The fraction of sp³-hybridized carbons (Fsp3) is 0.0833. The highest BCUT2D eigenvalue weighted by Crippen LogP contribution is 2.27. The highest BCUT2D eigenvalue weighted by molar-refractivity contribution is 7.99. The van der Waals surface area contributed by atoms with Gasteiger partial charge in [-0.15, -0.1) is 23.1 Å². The van der Waals surface area contributed by atoms with E-state index in [-0.39, 0.29) is 12.3 Å². The first kappa shape index (κ1) is 22.0. The van der Waals surface area contributed by atoms with Gasteiger partial charge in [0.15, 0.2) is 5.13 Å². The number of hydrogen-bond donors (Lipinski definition) is 1. The molecule has 4 aromatic rings. The van der Waals surface area contributed by atoms with E-state index in [0.717, 1.165) is 22.5 Å². The number of nitriles is 1. The number of pyridine rings is 1. The Balaban J connectivity index is 1.36. The van der Waals surface area contributed by atoms with Crippen LogP contribution in [0.5, 0.6) is 0 Å². The van der Waals surface area contributed by atoms with Crippen molar-refractivity contribution < 1.29 is 4.79 Å². The molecular formula is C24H17ClN4OS2. The molecule has 2 aromatic carbocycles. The Morgan fingerprint density at radius 1 is 1.00 bits per heavy atom. The van der Waals surface area contributed by atoms with Gasteiger partial charge in [0, 0.05) is 33.7 Å². The first-order chi connectivity index (χ1) is 15.6. The summed E-state index contributed by atoms with van der Waals surface area (Å²) < 4.78 is 0. The number of carbonyl (C=O) groups is 1. The summed E-state index contributed by atoms with van der Waals surface area (Å²) in [5.74, 6) is 0.368.